The van der Waals surface area contributed by atoms with Crippen molar-refractivity contribution in [1.29, 1.82) is 0 Å². The minimum atomic E-state index is 0.563. The molecule has 0 atom stereocenters. The maximum Gasteiger partial charge on any atom is 0.137 e. The molecule has 106 valence electrons. The third-order valence-corrected chi connectivity index (χ3v) is 3.29. The number of hydrogen-bond donors (Lipinski definition) is 1. The Bertz CT molecular complexity index is 582. The molecule has 0 saturated carbocycles. The summed E-state index contributed by atoms with van der Waals surface area (Å²) in [5, 5.41) is 0. The van der Waals surface area contributed by atoms with Gasteiger partial charge in [0.05, 0.1) is 12.2 Å². The van der Waals surface area contributed by atoms with Gasteiger partial charge in [0.15, 0.2) is 0 Å². The lowest BCUT2D eigenvalue weighted by atomic mass is 10.2. The fourth-order valence-corrected chi connectivity index (χ4v) is 2.25. The second-order valence-electron chi connectivity index (χ2n) is 4.70. The summed E-state index contributed by atoms with van der Waals surface area (Å²) in [5.41, 5.74) is 9.01. The van der Waals surface area contributed by atoms with Crippen LogP contribution in [0.25, 0.3) is 0 Å². The Kier molecular flexibility index (Phi) is 4.50. The van der Waals surface area contributed by atoms with Crippen molar-refractivity contribution in [2.24, 2.45) is 0 Å². The van der Waals surface area contributed by atoms with Crippen LogP contribution >= 0.6 is 0 Å². The molecule has 0 aromatic carbocycles. The summed E-state index contributed by atoms with van der Waals surface area (Å²) < 4.78 is 0. The van der Waals surface area contributed by atoms with Crippen LogP contribution in [0.4, 0.5) is 11.6 Å². The number of anilines is 2. The first-order chi connectivity index (χ1) is 9.65. The normalized spacial score (nSPS) is 10.6. The molecule has 0 aliphatic rings. The predicted octanol–water partition coefficient (Wildman–Crippen LogP) is 2.35. The summed E-state index contributed by atoms with van der Waals surface area (Å²) in [4.78, 5) is 15.2. The van der Waals surface area contributed by atoms with Gasteiger partial charge < -0.3 is 10.6 Å². The van der Waals surface area contributed by atoms with E-state index in [4.69, 9.17) is 5.73 Å². The first kappa shape index (κ1) is 14.2. The van der Waals surface area contributed by atoms with Crippen LogP contribution in [-0.4, -0.2) is 21.5 Å². The number of nitrogen functional groups attached to an aromatic ring is 1. The van der Waals surface area contributed by atoms with Gasteiger partial charge in [-0.3, -0.25) is 4.98 Å². The van der Waals surface area contributed by atoms with E-state index in [1.54, 1.807) is 0 Å². The van der Waals surface area contributed by atoms with E-state index in [0.717, 1.165) is 42.3 Å². The third-order valence-electron chi connectivity index (χ3n) is 3.29. The summed E-state index contributed by atoms with van der Waals surface area (Å²) in [6.45, 7) is 7.74. The fourth-order valence-electron chi connectivity index (χ4n) is 2.25. The molecule has 0 radical (unpaired) electrons. The summed E-state index contributed by atoms with van der Waals surface area (Å²) in [6, 6.07) is 6.06. The molecule has 2 heterocycles. The fraction of sp³-hybridized carbons (Fsp3) is 0.400. The standard InChI is InChI=1S/C15H21N5/c1-4-13-14(16)17-10-18-15(13)20(5-2)9-12-8-6-7-11(3)19-12/h6-8,10H,4-5,9H2,1-3H3,(H2,16,17,18). The number of pyridine rings is 1. The molecular formula is C15H21N5. The number of aryl methyl sites for hydroxylation is 1. The van der Waals surface area contributed by atoms with E-state index in [-0.39, 0.29) is 0 Å². The van der Waals surface area contributed by atoms with Crippen LogP contribution in [0.3, 0.4) is 0 Å². The lowest BCUT2D eigenvalue weighted by Crippen LogP contribution is -2.25. The van der Waals surface area contributed by atoms with Crippen LogP contribution in [0.1, 0.15) is 30.8 Å². The van der Waals surface area contributed by atoms with E-state index in [1.807, 2.05) is 25.1 Å². The molecule has 0 bridgehead atoms. The van der Waals surface area contributed by atoms with Gasteiger partial charge in [0.25, 0.3) is 0 Å². The van der Waals surface area contributed by atoms with Crippen LogP contribution in [0, 0.1) is 6.92 Å². The highest BCUT2D eigenvalue weighted by molar-refractivity contribution is 5.56. The van der Waals surface area contributed by atoms with Crippen molar-refractivity contribution < 1.29 is 0 Å². The summed E-state index contributed by atoms with van der Waals surface area (Å²) in [5.74, 6) is 1.47. The molecule has 0 unspecified atom stereocenters. The molecule has 2 N–H and O–H groups in total. The first-order valence-corrected chi connectivity index (χ1v) is 6.92. The molecule has 5 nitrogen and oxygen atoms in total. The summed E-state index contributed by atoms with van der Waals surface area (Å²) in [6.07, 6.45) is 2.34. The molecule has 0 aliphatic carbocycles. The van der Waals surface area contributed by atoms with Gasteiger partial charge in [0, 0.05) is 17.8 Å². The van der Waals surface area contributed by atoms with Crippen molar-refractivity contribution in [2.75, 3.05) is 17.2 Å². The smallest absolute Gasteiger partial charge is 0.137 e. The molecule has 20 heavy (non-hydrogen) atoms. The van der Waals surface area contributed by atoms with Gasteiger partial charge in [0.1, 0.15) is 18.0 Å². The van der Waals surface area contributed by atoms with Gasteiger partial charge in [-0.1, -0.05) is 13.0 Å². The Morgan fingerprint density at radius 3 is 2.65 bits per heavy atom. The molecule has 0 amide bonds. The number of nitrogens with two attached hydrogens (primary N) is 1. The van der Waals surface area contributed by atoms with E-state index in [9.17, 15) is 0 Å². The maximum absolute atomic E-state index is 5.95. The van der Waals surface area contributed by atoms with E-state index in [0.29, 0.717) is 5.82 Å². The number of aromatic nitrogens is 3. The third kappa shape index (κ3) is 3.04. The quantitative estimate of drug-likeness (QED) is 0.904. The second kappa shape index (κ2) is 6.32. The topological polar surface area (TPSA) is 67.9 Å². The van der Waals surface area contributed by atoms with Crippen molar-refractivity contribution in [2.45, 2.75) is 33.7 Å². The molecule has 0 saturated heterocycles. The average Bonchev–Trinajstić information content (AvgIpc) is 2.44. The van der Waals surface area contributed by atoms with Gasteiger partial charge in [-0.15, -0.1) is 0 Å². The van der Waals surface area contributed by atoms with Crippen LogP contribution in [-0.2, 0) is 13.0 Å². The van der Waals surface area contributed by atoms with Crippen molar-refractivity contribution in [3.8, 4) is 0 Å². The Labute approximate surface area is 119 Å². The second-order valence-corrected chi connectivity index (χ2v) is 4.70. The number of hydrogen-bond acceptors (Lipinski definition) is 5. The SMILES string of the molecule is CCc1c(N)ncnc1N(CC)Cc1cccc(C)n1. The number of rotatable bonds is 5. The molecule has 2 aromatic heterocycles. The summed E-state index contributed by atoms with van der Waals surface area (Å²) >= 11 is 0. The van der Waals surface area contributed by atoms with Crippen molar-refractivity contribution in [3.05, 3.63) is 41.5 Å². The Hall–Kier alpha value is -2.17. The van der Waals surface area contributed by atoms with Gasteiger partial charge in [-0.2, -0.15) is 0 Å². The Morgan fingerprint density at radius 2 is 2.00 bits per heavy atom. The van der Waals surface area contributed by atoms with E-state index >= 15 is 0 Å². The molecule has 0 aliphatic heterocycles. The molecular weight excluding hydrogens is 250 g/mol. The number of nitrogens with zero attached hydrogens (tertiary/aromatic N) is 4. The predicted molar refractivity (Wildman–Crippen MR) is 81.5 cm³/mol. The first-order valence-electron chi connectivity index (χ1n) is 6.92. The van der Waals surface area contributed by atoms with E-state index in [1.165, 1.54) is 6.33 Å². The molecule has 2 aromatic rings. The Morgan fingerprint density at radius 1 is 1.20 bits per heavy atom. The average molecular weight is 271 g/mol. The molecule has 5 heteroatoms. The minimum absolute atomic E-state index is 0.563. The van der Waals surface area contributed by atoms with Gasteiger partial charge in [-0.05, 0) is 32.4 Å². The molecule has 0 fully saturated rings. The molecule has 2 rings (SSSR count). The zero-order valence-electron chi connectivity index (χ0n) is 12.3. The van der Waals surface area contributed by atoms with Crippen LogP contribution in [0.15, 0.2) is 24.5 Å². The highest BCUT2D eigenvalue weighted by atomic mass is 15.2. The largest absolute Gasteiger partial charge is 0.383 e. The van der Waals surface area contributed by atoms with Gasteiger partial charge >= 0.3 is 0 Å². The van der Waals surface area contributed by atoms with Crippen LogP contribution in [0.2, 0.25) is 0 Å². The minimum Gasteiger partial charge on any atom is -0.383 e. The van der Waals surface area contributed by atoms with E-state index in [2.05, 4.69) is 33.7 Å². The lowest BCUT2D eigenvalue weighted by molar-refractivity contribution is 0.779. The maximum atomic E-state index is 5.95. The van der Waals surface area contributed by atoms with Gasteiger partial charge in [-0.25, -0.2) is 9.97 Å². The van der Waals surface area contributed by atoms with Gasteiger partial charge in [0.2, 0.25) is 0 Å². The lowest BCUT2D eigenvalue weighted by Gasteiger charge is -2.24. The monoisotopic (exact) mass is 271 g/mol. The summed E-state index contributed by atoms with van der Waals surface area (Å²) in [7, 11) is 0. The van der Waals surface area contributed by atoms with Crippen LogP contribution < -0.4 is 10.6 Å². The van der Waals surface area contributed by atoms with E-state index < -0.39 is 0 Å². The zero-order valence-corrected chi connectivity index (χ0v) is 12.3. The van der Waals surface area contributed by atoms with Crippen LogP contribution in [0.5, 0.6) is 0 Å². The van der Waals surface area contributed by atoms with Crippen molar-refractivity contribution in [3.63, 3.8) is 0 Å². The highest BCUT2D eigenvalue weighted by Gasteiger charge is 2.14. The van der Waals surface area contributed by atoms with Crippen molar-refractivity contribution >= 4 is 11.6 Å². The highest BCUT2D eigenvalue weighted by Crippen LogP contribution is 2.23. The Balaban J connectivity index is 2.31. The zero-order chi connectivity index (χ0) is 14.5. The van der Waals surface area contributed by atoms with Crippen molar-refractivity contribution in [1.82, 2.24) is 15.0 Å². The molecule has 0 spiro atoms.